The molecule has 0 spiro atoms. The van der Waals surface area contributed by atoms with Crippen molar-refractivity contribution < 1.29 is 9.13 Å². The zero-order valence-electron chi connectivity index (χ0n) is 14.5. The Balaban J connectivity index is 1.59. The highest BCUT2D eigenvalue weighted by Gasteiger charge is 2.34. The van der Waals surface area contributed by atoms with Crippen molar-refractivity contribution in [3.63, 3.8) is 0 Å². The lowest BCUT2D eigenvalue weighted by Crippen LogP contribution is -2.38. The maximum Gasteiger partial charge on any atom is 0.327 e. The lowest BCUT2D eigenvalue weighted by molar-refractivity contribution is -0.0175. The van der Waals surface area contributed by atoms with E-state index in [2.05, 4.69) is 19.9 Å². The van der Waals surface area contributed by atoms with Crippen LogP contribution in [0.4, 0.5) is 4.39 Å². The van der Waals surface area contributed by atoms with Gasteiger partial charge in [-0.15, -0.1) is 0 Å². The van der Waals surface area contributed by atoms with E-state index in [-0.39, 0.29) is 25.1 Å². The summed E-state index contributed by atoms with van der Waals surface area (Å²) in [7, 11) is 0. The van der Waals surface area contributed by atoms with Crippen molar-refractivity contribution in [1.82, 2.24) is 24.5 Å². The van der Waals surface area contributed by atoms with E-state index in [9.17, 15) is 4.79 Å². The van der Waals surface area contributed by atoms with Gasteiger partial charge >= 0.3 is 5.69 Å². The van der Waals surface area contributed by atoms with Crippen LogP contribution in [-0.4, -0.2) is 43.4 Å². The minimum absolute atomic E-state index is 0.00454. The van der Waals surface area contributed by atoms with Crippen molar-refractivity contribution in [2.75, 3.05) is 13.2 Å². The number of nitrogens with zero attached hydrogens (tertiary/aromatic N) is 3. The van der Waals surface area contributed by atoms with Crippen LogP contribution in [0.5, 0.6) is 0 Å². The molecule has 1 aliphatic rings. The summed E-state index contributed by atoms with van der Waals surface area (Å²) in [6.07, 6.45) is 5.85. The second-order valence-corrected chi connectivity index (χ2v) is 7.01. The Bertz CT molecular complexity index is 1190. The molecule has 8 heteroatoms. The number of aromatic amines is 2. The number of hydrogen-bond donors (Lipinski definition) is 2. The topological polar surface area (TPSA) is 88.6 Å². The average molecular weight is 367 g/mol. The normalized spacial score (nSPS) is 16.9. The molecule has 0 aliphatic carbocycles. The van der Waals surface area contributed by atoms with E-state index in [1.54, 1.807) is 12.4 Å². The van der Waals surface area contributed by atoms with E-state index >= 15 is 4.39 Å². The van der Waals surface area contributed by atoms with Crippen molar-refractivity contribution in [2.45, 2.75) is 25.1 Å². The highest BCUT2D eigenvalue weighted by atomic mass is 19.1. The smallest absolute Gasteiger partial charge is 0.327 e. The highest BCUT2D eigenvalue weighted by Crippen LogP contribution is 2.29. The minimum atomic E-state index is -1.45. The van der Waals surface area contributed by atoms with Crippen molar-refractivity contribution in [1.29, 1.82) is 0 Å². The Kier molecular flexibility index (Phi) is 3.61. The second kappa shape index (κ2) is 6.02. The van der Waals surface area contributed by atoms with Crippen LogP contribution in [0.2, 0.25) is 0 Å². The number of fused-ring (bicyclic) bond motifs is 2. The molecular weight excluding hydrogens is 349 g/mol. The molecule has 0 amide bonds. The summed E-state index contributed by atoms with van der Waals surface area (Å²) in [6, 6.07) is 5.81. The number of H-pyrrole nitrogens is 2. The van der Waals surface area contributed by atoms with E-state index in [0.29, 0.717) is 24.4 Å². The first kappa shape index (κ1) is 16.2. The number of imidazole rings is 1. The first-order chi connectivity index (χ1) is 13.1. The van der Waals surface area contributed by atoms with Crippen LogP contribution >= 0.6 is 0 Å². The number of hydrogen-bond acceptors (Lipinski definition) is 4. The predicted octanol–water partition coefficient (Wildman–Crippen LogP) is 2.79. The molecule has 1 saturated heterocycles. The molecular formula is C19H18FN5O2. The van der Waals surface area contributed by atoms with Crippen LogP contribution in [0.15, 0.2) is 41.6 Å². The third-order valence-corrected chi connectivity index (χ3v) is 5.19. The number of aromatic nitrogens is 5. The largest absolute Gasteiger partial charge is 0.381 e. The number of halogens is 1. The van der Waals surface area contributed by atoms with Crippen molar-refractivity contribution in [3.8, 4) is 11.1 Å². The molecule has 2 N–H and O–H groups in total. The molecule has 1 aliphatic heterocycles. The van der Waals surface area contributed by atoms with Gasteiger partial charge in [0.05, 0.1) is 12.1 Å². The zero-order chi connectivity index (χ0) is 18.4. The molecule has 0 bridgehead atoms. The molecule has 0 radical (unpaired) electrons. The van der Waals surface area contributed by atoms with Crippen LogP contribution < -0.4 is 5.69 Å². The third kappa shape index (κ3) is 2.82. The van der Waals surface area contributed by atoms with Gasteiger partial charge in [-0.05, 0) is 18.2 Å². The summed E-state index contributed by atoms with van der Waals surface area (Å²) in [6.45, 7) is 0.744. The van der Waals surface area contributed by atoms with Gasteiger partial charge in [-0.25, -0.2) is 19.2 Å². The molecule has 4 aromatic heterocycles. The summed E-state index contributed by atoms with van der Waals surface area (Å²) in [5.74, 6) is 0. The highest BCUT2D eigenvalue weighted by molar-refractivity contribution is 5.84. The molecule has 5 heterocycles. The molecule has 4 aromatic rings. The number of alkyl halides is 1. The predicted molar refractivity (Wildman–Crippen MR) is 99.3 cm³/mol. The van der Waals surface area contributed by atoms with Gasteiger partial charge in [-0.3, -0.25) is 9.55 Å². The Hall–Kier alpha value is -3.00. The number of pyridine rings is 2. The first-order valence-corrected chi connectivity index (χ1v) is 8.90. The van der Waals surface area contributed by atoms with E-state index in [1.807, 2.05) is 24.4 Å². The summed E-state index contributed by atoms with van der Waals surface area (Å²) in [5.41, 5.74) is 1.77. The molecule has 5 rings (SSSR count). The number of rotatable bonds is 3. The zero-order valence-corrected chi connectivity index (χ0v) is 14.5. The summed E-state index contributed by atoms with van der Waals surface area (Å²) in [4.78, 5) is 26.9. The van der Waals surface area contributed by atoms with Crippen molar-refractivity contribution in [2.24, 2.45) is 0 Å². The van der Waals surface area contributed by atoms with Crippen molar-refractivity contribution in [3.05, 3.63) is 47.3 Å². The van der Waals surface area contributed by atoms with Gasteiger partial charge in [-0.2, -0.15) is 0 Å². The number of ether oxygens (including phenoxy) is 1. The van der Waals surface area contributed by atoms with E-state index in [1.165, 1.54) is 4.57 Å². The van der Waals surface area contributed by atoms with Crippen LogP contribution in [-0.2, 0) is 11.3 Å². The lowest BCUT2D eigenvalue weighted by Gasteiger charge is -2.29. The monoisotopic (exact) mass is 367 g/mol. The second-order valence-electron chi connectivity index (χ2n) is 7.01. The fraction of sp³-hybridized carbons (Fsp3) is 0.316. The van der Waals surface area contributed by atoms with Gasteiger partial charge in [0.25, 0.3) is 0 Å². The summed E-state index contributed by atoms with van der Waals surface area (Å²) in [5, 5.41) is 0.990. The molecule has 27 heavy (non-hydrogen) atoms. The summed E-state index contributed by atoms with van der Waals surface area (Å²) >= 11 is 0. The van der Waals surface area contributed by atoms with E-state index in [0.717, 1.165) is 22.2 Å². The fourth-order valence-corrected chi connectivity index (χ4v) is 3.62. The molecule has 0 aromatic carbocycles. The Morgan fingerprint density at radius 1 is 1.15 bits per heavy atom. The average Bonchev–Trinajstić information content (AvgIpc) is 3.26. The van der Waals surface area contributed by atoms with Gasteiger partial charge < -0.3 is 9.72 Å². The minimum Gasteiger partial charge on any atom is -0.381 e. The molecule has 7 nitrogen and oxygen atoms in total. The molecule has 138 valence electrons. The quantitative estimate of drug-likeness (QED) is 0.583. The standard InChI is InChI=1S/C19H18FN5O2/c20-19(2-5-27-6-3-19)11-25-15-8-14(10-23-17(15)24-18(25)26)13-7-12-1-4-21-16(12)22-9-13/h1,4,7-10H,2-3,5-6,11H2,(H,21,22)(H,23,24,26). The van der Waals surface area contributed by atoms with Gasteiger partial charge in [0, 0.05) is 61.2 Å². The van der Waals surface area contributed by atoms with E-state index < -0.39 is 5.67 Å². The van der Waals surface area contributed by atoms with E-state index in [4.69, 9.17) is 4.74 Å². The Labute approximate surface area is 153 Å². The third-order valence-electron chi connectivity index (χ3n) is 5.19. The molecule has 0 atom stereocenters. The van der Waals surface area contributed by atoms with Crippen LogP contribution in [0.3, 0.4) is 0 Å². The maximum absolute atomic E-state index is 15.1. The molecule has 1 fully saturated rings. The van der Waals surface area contributed by atoms with Crippen molar-refractivity contribution >= 4 is 22.2 Å². The SMILES string of the molecule is O=c1[nH]c2ncc(-c3cnc4[nH]ccc4c3)cc2n1CC1(F)CCOCC1. The fourth-order valence-electron chi connectivity index (χ4n) is 3.62. The molecule has 0 unspecified atom stereocenters. The van der Waals surface area contributed by atoms with Gasteiger partial charge in [0.1, 0.15) is 11.3 Å². The maximum atomic E-state index is 15.1. The van der Waals surface area contributed by atoms with Gasteiger partial charge in [0.2, 0.25) is 0 Å². The summed E-state index contributed by atoms with van der Waals surface area (Å²) < 4.78 is 21.8. The van der Waals surface area contributed by atoms with Gasteiger partial charge in [-0.1, -0.05) is 0 Å². The Morgan fingerprint density at radius 3 is 2.70 bits per heavy atom. The van der Waals surface area contributed by atoms with Gasteiger partial charge in [0.15, 0.2) is 5.65 Å². The lowest BCUT2D eigenvalue weighted by atomic mass is 9.96. The van der Waals surface area contributed by atoms with Crippen LogP contribution in [0.1, 0.15) is 12.8 Å². The Morgan fingerprint density at radius 2 is 1.89 bits per heavy atom. The molecule has 0 saturated carbocycles. The first-order valence-electron chi connectivity index (χ1n) is 8.90. The van der Waals surface area contributed by atoms with Crippen LogP contribution in [0.25, 0.3) is 33.3 Å². The van der Waals surface area contributed by atoms with Crippen LogP contribution in [0, 0.1) is 0 Å². The number of nitrogens with one attached hydrogen (secondary N) is 2.